The van der Waals surface area contributed by atoms with Crippen molar-refractivity contribution in [2.24, 2.45) is 17.8 Å². The van der Waals surface area contributed by atoms with E-state index in [-0.39, 0.29) is 12.1 Å². The number of fused-ring (bicyclic) bond motifs is 11. The normalized spacial score (nSPS) is 21.5. The van der Waals surface area contributed by atoms with Crippen LogP contribution in [0, 0.1) is 17.8 Å². The minimum absolute atomic E-state index is 0.119. The number of hydrogen-bond acceptors (Lipinski definition) is 3. The summed E-state index contributed by atoms with van der Waals surface area (Å²) in [6.07, 6.45) is 8.27. The highest BCUT2D eigenvalue weighted by Crippen LogP contribution is 2.62. The lowest BCUT2D eigenvalue weighted by molar-refractivity contribution is -0.00514. The highest BCUT2D eigenvalue weighted by molar-refractivity contribution is 7.00. The van der Waals surface area contributed by atoms with Gasteiger partial charge in [-0.15, -0.1) is 0 Å². The van der Waals surface area contributed by atoms with Gasteiger partial charge in [0.15, 0.2) is 0 Å². The van der Waals surface area contributed by atoms with Crippen LogP contribution in [0.15, 0.2) is 186 Å². The molecule has 0 atom stereocenters. The van der Waals surface area contributed by atoms with E-state index < -0.39 is 0 Å². The first-order valence-electron chi connectivity index (χ1n) is 23.5. The third-order valence-electron chi connectivity index (χ3n) is 16.3. The zero-order valence-corrected chi connectivity index (χ0v) is 35.7. The van der Waals surface area contributed by atoms with E-state index >= 15 is 0 Å². The average Bonchev–Trinajstić information content (AvgIpc) is 3.74. The van der Waals surface area contributed by atoms with Crippen LogP contribution in [0.1, 0.15) is 44.1 Å². The summed E-state index contributed by atoms with van der Waals surface area (Å²) in [5, 5.41) is 7.28. The Labute approximate surface area is 373 Å². The van der Waals surface area contributed by atoms with Crippen LogP contribution in [0.25, 0.3) is 54.6 Å². The molecule has 4 bridgehead atoms. The predicted octanol–water partition coefficient (Wildman–Crippen LogP) is 14.1. The summed E-state index contributed by atoms with van der Waals surface area (Å²) >= 11 is 0. The van der Waals surface area contributed by atoms with Crippen molar-refractivity contribution in [1.29, 1.82) is 0 Å². The molecule has 304 valence electrons. The van der Waals surface area contributed by atoms with E-state index in [1.54, 1.807) is 5.56 Å². The highest BCUT2D eigenvalue weighted by Gasteiger charge is 2.53. The molecule has 0 N–H and O–H groups in total. The maximum atomic E-state index is 6.91. The molecule has 4 aliphatic carbocycles. The van der Waals surface area contributed by atoms with Crippen molar-refractivity contribution in [2.75, 3.05) is 9.80 Å². The molecule has 4 saturated carbocycles. The average molecular weight is 821 g/mol. The zero-order chi connectivity index (χ0) is 41.7. The number of nitrogens with zero attached hydrogens (tertiary/aromatic N) is 2. The maximum absolute atomic E-state index is 6.91. The standard InChI is InChI=1S/C60H45BN2O/c1-2-14-44(15-3-1)62-51-20-10-8-18-49(51)61-50-19-9-11-21-52(50)63(54-33-43(32-53(62)58(54)61)60-34-37-28-38(35-60)30-39(29-37)36-60)45-25-22-41(23-26-45)48-31-42-13-5-7-17-47(42)57-56-46-16-6-4-12-40(46)24-27-55(56)64-59(48)57/h1-27,31-33,37-39H,28-30,34-36H2. The van der Waals surface area contributed by atoms with Crippen LogP contribution < -0.4 is 26.2 Å². The van der Waals surface area contributed by atoms with E-state index in [1.807, 2.05) is 0 Å². The molecular weight excluding hydrogens is 775 g/mol. The van der Waals surface area contributed by atoms with Gasteiger partial charge < -0.3 is 14.2 Å². The molecule has 0 radical (unpaired) electrons. The Hall–Kier alpha value is -7.04. The van der Waals surface area contributed by atoms with Crippen LogP contribution in [0.5, 0.6) is 0 Å². The summed E-state index contributed by atoms with van der Waals surface area (Å²) < 4.78 is 6.91. The molecule has 16 rings (SSSR count). The number of hydrogen-bond donors (Lipinski definition) is 0. The van der Waals surface area contributed by atoms with Gasteiger partial charge in [-0.2, -0.15) is 0 Å². The van der Waals surface area contributed by atoms with Crippen molar-refractivity contribution < 1.29 is 4.42 Å². The molecule has 0 unspecified atom stereocenters. The second-order valence-corrected chi connectivity index (χ2v) is 19.8. The van der Waals surface area contributed by atoms with Crippen LogP contribution >= 0.6 is 0 Å². The van der Waals surface area contributed by atoms with E-state index in [2.05, 4.69) is 192 Å². The highest BCUT2D eigenvalue weighted by atomic mass is 16.3. The lowest BCUT2D eigenvalue weighted by Crippen LogP contribution is -2.61. The summed E-state index contributed by atoms with van der Waals surface area (Å²) in [6, 6.07) is 68.4. The molecule has 3 nitrogen and oxygen atoms in total. The molecule has 64 heavy (non-hydrogen) atoms. The third-order valence-corrected chi connectivity index (χ3v) is 16.3. The van der Waals surface area contributed by atoms with Crippen molar-refractivity contribution in [3.8, 4) is 11.1 Å². The van der Waals surface area contributed by atoms with Gasteiger partial charge in [-0.3, -0.25) is 0 Å². The van der Waals surface area contributed by atoms with Crippen LogP contribution in [0.4, 0.5) is 34.1 Å². The van der Waals surface area contributed by atoms with E-state index in [1.165, 1.54) is 121 Å². The Balaban J connectivity index is 0.958. The first-order chi connectivity index (χ1) is 31.7. The lowest BCUT2D eigenvalue weighted by Gasteiger charge is -2.57. The minimum Gasteiger partial charge on any atom is -0.455 e. The Morgan fingerprint density at radius 2 is 1.02 bits per heavy atom. The summed E-state index contributed by atoms with van der Waals surface area (Å²) in [7, 11) is 0. The number of anilines is 6. The molecule has 0 spiro atoms. The Bertz CT molecular complexity index is 3530. The van der Waals surface area contributed by atoms with Crippen LogP contribution in [0.3, 0.4) is 0 Å². The summed E-state index contributed by atoms with van der Waals surface area (Å²) in [5.41, 5.74) is 17.7. The van der Waals surface area contributed by atoms with Gasteiger partial charge in [0.05, 0.1) is 0 Å². The van der Waals surface area contributed by atoms with Crippen molar-refractivity contribution >= 4 is 101 Å². The minimum atomic E-state index is 0.119. The second kappa shape index (κ2) is 13.0. The number of para-hydroxylation sites is 3. The smallest absolute Gasteiger partial charge is 0.252 e. The fourth-order valence-electron chi connectivity index (χ4n) is 14.2. The van der Waals surface area contributed by atoms with E-state index in [0.29, 0.717) is 0 Å². The van der Waals surface area contributed by atoms with Gasteiger partial charge in [0.2, 0.25) is 0 Å². The van der Waals surface area contributed by atoms with Gasteiger partial charge in [0.25, 0.3) is 6.71 Å². The molecule has 0 saturated heterocycles. The van der Waals surface area contributed by atoms with Crippen LogP contribution in [-0.4, -0.2) is 6.71 Å². The molecule has 1 aromatic heterocycles. The molecule has 4 fully saturated rings. The number of benzene rings is 9. The molecule has 4 heteroatoms. The van der Waals surface area contributed by atoms with Crippen LogP contribution in [0.2, 0.25) is 0 Å². The van der Waals surface area contributed by atoms with Crippen molar-refractivity contribution in [3.05, 3.63) is 188 Å². The molecule has 2 aliphatic heterocycles. The molecule has 0 amide bonds. The molecule has 10 aromatic rings. The lowest BCUT2D eigenvalue weighted by atomic mass is 9.33. The van der Waals surface area contributed by atoms with Crippen molar-refractivity contribution in [3.63, 3.8) is 0 Å². The first-order valence-corrected chi connectivity index (χ1v) is 23.5. The summed E-state index contributed by atoms with van der Waals surface area (Å²) in [6.45, 7) is 0.119. The number of furan rings is 1. The molecule has 6 aliphatic rings. The number of rotatable bonds is 4. The van der Waals surface area contributed by atoms with Crippen molar-refractivity contribution in [1.82, 2.24) is 0 Å². The van der Waals surface area contributed by atoms with Gasteiger partial charge in [-0.1, -0.05) is 121 Å². The van der Waals surface area contributed by atoms with Gasteiger partial charge in [0, 0.05) is 50.5 Å². The van der Waals surface area contributed by atoms with E-state index in [4.69, 9.17) is 4.42 Å². The Morgan fingerprint density at radius 1 is 0.469 bits per heavy atom. The Kier molecular flexibility index (Phi) is 7.21. The fraction of sp³-hybridized carbons (Fsp3) is 0.167. The molecule has 3 heterocycles. The first kappa shape index (κ1) is 35.4. The third kappa shape index (κ3) is 4.89. The van der Waals surface area contributed by atoms with E-state index in [0.717, 1.165) is 40.0 Å². The van der Waals surface area contributed by atoms with Crippen LogP contribution in [-0.2, 0) is 5.41 Å². The van der Waals surface area contributed by atoms with Crippen molar-refractivity contribution in [2.45, 2.75) is 43.9 Å². The fourth-order valence-corrected chi connectivity index (χ4v) is 14.2. The SMILES string of the molecule is c1ccc(N2c3ccccc3B3c4ccccc4N(c4ccc(-c5cc6ccccc6c6c5oc5ccc7ccccc7c56)cc4)c4cc(C56CC7CC(CC(C7)C5)C6)cc2c43)cc1. The zero-order valence-electron chi connectivity index (χ0n) is 35.7. The quantitative estimate of drug-likeness (QED) is 0.165. The summed E-state index contributed by atoms with van der Waals surface area (Å²) in [5.74, 6) is 2.57. The van der Waals surface area contributed by atoms with Gasteiger partial charge >= 0.3 is 0 Å². The van der Waals surface area contributed by atoms with E-state index in [9.17, 15) is 0 Å². The monoisotopic (exact) mass is 820 g/mol. The summed E-state index contributed by atoms with van der Waals surface area (Å²) in [4.78, 5) is 5.20. The topological polar surface area (TPSA) is 19.6 Å². The second-order valence-electron chi connectivity index (χ2n) is 19.8. The van der Waals surface area contributed by atoms with Gasteiger partial charge in [-0.05, 0) is 171 Å². The predicted molar refractivity (Wildman–Crippen MR) is 268 cm³/mol. The Morgan fingerprint density at radius 3 is 1.67 bits per heavy atom. The molecule has 9 aromatic carbocycles. The molecular formula is C60H45BN2O. The largest absolute Gasteiger partial charge is 0.455 e. The maximum Gasteiger partial charge on any atom is 0.252 e. The van der Waals surface area contributed by atoms with Gasteiger partial charge in [0.1, 0.15) is 11.2 Å². The van der Waals surface area contributed by atoms with Gasteiger partial charge in [-0.25, -0.2) is 0 Å².